The van der Waals surface area contributed by atoms with Crippen LogP contribution in [0.2, 0.25) is 0 Å². The number of hydrogen-bond acceptors (Lipinski definition) is 6. The van der Waals surface area contributed by atoms with Crippen LogP contribution < -0.4 is 4.90 Å². The molecule has 1 aromatic carbocycles. The van der Waals surface area contributed by atoms with E-state index >= 15 is 0 Å². The third-order valence-electron chi connectivity index (χ3n) is 4.21. The monoisotopic (exact) mass is 385 g/mol. The number of hydrogen-bond donors (Lipinski definition) is 0. The van der Waals surface area contributed by atoms with Gasteiger partial charge in [0.25, 0.3) is 21.8 Å². The Kier molecular flexibility index (Phi) is 5.84. The lowest BCUT2D eigenvalue weighted by Gasteiger charge is -2.35. The molecule has 1 fully saturated rings. The van der Waals surface area contributed by atoms with Crippen molar-refractivity contribution < 1.29 is 18.1 Å². The van der Waals surface area contributed by atoms with Gasteiger partial charge in [-0.05, 0) is 12.1 Å². The molecule has 1 aliphatic rings. The summed E-state index contributed by atoms with van der Waals surface area (Å²) in [6, 6.07) is 4.35. The fourth-order valence-electron chi connectivity index (χ4n) is 2.72. The smallest absolute Gasteiger partial charge is 0.293 e. The summed E-state index contributed by atoms with van der Waals surface area (Å²) < 4.78 is 26.7. The molecule has 1 saturated heterocycles. The van der Waals surface area contributed by atoms with Crippen molar-refractivity contribution in [1.29, 1.82) is 0 Å². The number of carbonyl (C=O) groups is 1. The van der Waals surface area contributed by atoms with Gasteiger partial charge in [0.05, 0.1) is 4.92 Å². The first kappa shape index (κ1) is 20.1. The molecule has 0 atom stereocenters. The van der Waals surface area contributed by atoms with Crippen molar-refractivity contribution in [3.8, 4) is 0 Å². The molecule has 1 heterocycles. The van der Waals surface area contributed by atoms with Crippen molar-refractivity contribution in [3.05, 3.63) is 33.9 Å². The number of nitrogens with zero attached hydrogens (tertiary/aromatic N) is 5. The van der Waals surface area contributed by atoms with Gasteiger partial charge < -0.3 is 9.80 Å². The van der Waals surface area contributed by atoms with E-state index in [-0.39, 0.29) is 43.3 Å². The number of nitro groups is 1. The maximum atomic E-state index is 12.7. The van der Waals surface area contributed by atoms with Crippen LogP contribution in [-0.4, -0.2) is 87.1 Å². The number of anilines is 1. The zero-order chi connectivity index (χ0) is 19.6. The third kappa shape index (κ3) is 3.94. The lowest BCUT2D eigenvalue weighted by molar-refractivity contribution is -0.384. The SMILES string of the molecule is CN(C)c1ccc(C(=O)N2CCN(S(=O)(=O)N(C)C)CC2)cc1[N+](=O)[O-]. The van der Waals surface area contributed by atoms with Gasteiger partial charge in [0.2, 0.25) is 0 Å². The summed E-state index contributed by atoms with van der Waals surface area (Å²) in [5.74, 6) is -0.347. The molecule has 2 rings (SSSR count). The van der Waals surface area contributed by atoms with Gasteiger partial charge in [-0.25, -0.2) is 0 Å². The first-order chi connectivity index (χ1) is 12.1. The average molecular weight is 385 g/mol. The lowest BCUT2D eigenvalue weighted by Crippen LogP contribution is -2.53. The molecular weight excluding hydrogens is 362 g/mol. The standard InChI is InChI=1S/C15H23N5O5S/c1-16(2)13-6-5-12(11-14(13)20(22)23)15(21)18-7-9-19(10-8-18)26(24,25)17(3)4/h5-6,11H,7-10H2,1-4H3. The first-order valence-corrected chi connectivity index (χ1v) is 9.38. The van der Waals surface area contributed by atoms with Crippen molar-refractivity contribution in [1.82, 2.24) is 13.5 Å². The van der Waals surface area contributed by atoms with Crippen LogP contribution in [0.4, 0.5) is 11.4 Å². The normalized spacial score (nSPS) is 16.0. The van der Waals surface area contributed by atoms with E-state index in [1.807, 2.05) is 0 Å². The van der Waals surface area contributed by atoms with Crippen molar-refractivity contribution >= 4 is 27.5 Å². The molecule has 0 aliphatic carbocycles. The van der Waals surface area contributed by atoms with E-state index in [0.717, 1.165) is 4.31 Å². The first-order valence-electron chi connectivity index (χ1n) is 7.98. The van der Waals surface area contributed by atoms with E-state index in [2.05, 4.69) is 0 Å². The van der Waals surface area contributed by atoms with Crippen molar-refractivity contribution in [2.24, 2.45) is 0 Å². The summed E-state index contributed by atoms with van der Waals surface area (Å²) in [6.07, 6.45) is 0. The molecule has 10 nitrogen and oxygen atoms in total. The van der Waals surface area contributed by atoms with Crippen molar-refractivity contribution in [3.63, 3.8) is 0 Å². The number of nitro benzene ring substituents is 1. The van der Waals surface area contributed by atoms with E-state index < -0.39 is 15.1 Å². The molecule has 0 unspecified atom stereocenters. The Balaban J connectivity index is 2.16. The van der Waals surface area contributed by atoms with Crippen LogP contribution in [0.3, 0.4) is 0 Å². The number of benzene rings is 1. The van der Waals surface area contributed by atoms with Gasteiger partial charge >= 0.3 is 0 Å². The molecule has 0 saturated carbocycles. The molecule has 0 N–H and O–H groups in total. The van der Waals surface area contributed by atoms with E-state index in [1.165, 1.54) is 35.4 Å². The van der Waals surface area contributed by atoms with Gasteiger partial charge in [-0.1, -0.05) is 0 Å². The summed E-state index contributed by atoms with van der Waals surface area (Å²) in [4.78, 5) is 26.5. The molecule has 0 radical (unpaired) electrons. The molecule has 1 aromatic rings. The third-order valence-corrected chi connectivity index (χ3v) is 6.16. The van der Waals surface area contributed by atoms with Gasteiger partial charge in [-0.3, -0.25) is 14.9 Å². The quantitative estimate of drug-likeness (QED) is 0.530. The minimum atomic E-state index is -3.51. The highest BCUT2D eigenvalue weighted by Gasteiger charge is 2.31. The number of piperazine rings is 1. The van der Waals surface area contributed by atoms with Crippen LogP contribution in [0.15, 0.2) is 18.2 Å². The minimum Gasteiger partial charge on any atom is -0.372 e. The van der Waals surface area contributed by atoms with Crippen LogP contribution in [-0.2, 0) is 10.2 Å². The molecule has 11 heteroatoms. The van der Waals surface area contributed by atoms with Crippen molar-refractivity contribution in [2.45, 2.75) is 0 Å². The Morgan fingerprint density at radius 1 is 1.12 bits per heavy atom. The highest BCUT2D eigenvalue weighted by molar-refractivity contribution is 7.86. The van der Waals surface area contributed by atoms with E-state index in [1.54, 1.807) is 25.1 Å². The molecule has 144 valence electrons. The topological polar surface area (TPSA) is 107 Å². The van der Waals surface area contributed by atoms with Gasteiger partial charge in [0, 0.05) is 66.0 Å². The van der Waals surface area contributed by atoms with E-state index in [9.17, 15) is 23.3 Å². The lowest BCUT2D eigenvalue weighted by atomic mass is 10.1. The van der Waals surface area contributed by atoms with Gasteiger partial charge in [-0.15, -0.1) is 0 Å². The molecular formula is C15H23N5O5S. The summed E-state index contributed by atoms with van der Waals surface area (Å²) in [5, 5.41) is 11.3. The summed E-state index contributed by atoms with van der Waals surface area (Å²) >= 11 is 0. The predicted octanol–water partition coefficient (Wildman–Crippen LogP) is 0.225. The largest absolute Gasteiger partial charge is 0.372 e. The fraction of sp³-hybridized carbons (Fsp3) is 0.533. The van der Waals surface area contributed by atoms with Gasteiger partial charge in [0.1, 0.15) is 5.69 Å². The molecule has 0 spiro atoms. The Bertz CT molecular complexity index is 801. The highest BCUT2D eigenvalue weighted by atomic mass is 32.2. The zero-order valence-corrected chi connectivity index (χ0v) is 16.1. The number of amides is 1. The Hall–Kier alpha value is -2.24. The molecule has 26 heavy (non-hydrogen) atoms. The fourth-order valence-corrected chi connectivity index (χ4v) is 3.80. The second kappa shape index (κ2) is 7.56. The van der Waals surface area contributed by atoms with Crippen molar-refractivity contribution in [2.75, 3.05) is 59.3 Å². The van der Waals surface area contributed by atoms with Gasteiger partial charge in [0.15, 0.2) is 0 Å². The molecule has 0 bridgehead atoms. The van der Waals surface area contributed by atoms with Crippen LogP contribution in [0, 0.1) is 10.1 Å². The molecule has 1 aliphatic heterocycles. The molecule has 1 amide bonds. The predicted molar refractivity (Wildman–Crippen MR) is 97.5 cm³/mol. The zero-order valence-electron chi connectivity index (χ0n) is 15.2. The average Bonchev–Trinajstić information content (AvgIpc) is 2.60. The van der Waals surface area contributed by atoms with Crippen LogP contribution in [0.5, 0.6) is 0 Å². The Morgan fingerprint density at radius 3 is 2.15 bits per heavy atom. The second-order valence-corrected chi connectivity index (χ2v) is 8.48. The number of carbonyl (C=O) groups excluding carboxylic acids is 1. The second-order valence-electron chi connectivity index (χ2n) is 6.34. The summed E-state index contributed by atoms with van der Waals surface area (Å²) in [6.45, 7) is 0.832. The van der Waals surface area contributed by atoms with Gasteiger partial charge in [-0.2, -0.15) is 17.0 Å². The molecule has 0 aromatic heterocycles. The maximum absolute atomic E-state index is 12.7. The van der Waals surface area contributed by atoms with Crippen LogP contribution >= 0.6 is 0 Å². The highest BCUT2D eigenvalue weighted by Crippen LogP contribution is 2.28. The van der Waals surface area contributed by atoms with E-state index in [0.29, 0.717) is 5.69 Å². The Labute approximate surface area is 152 Å². The minimum absolute atomic E-state index is 0.144. The number of rotatable bonds is 5. The summed E-state index contributed by atoms with van der Waals surface area (Å²) in [5.41, 5.74) is 0.481. The Morgan fingerprint density at radius 2 is 1.69 bits per heavy atom. The summed E-state index contributed by atoms with van der Waals surface area (Å²) in [7, 11) is 2.78. The van der Waals surface area contributed by atoms with Crippen LogP contribution in [0.1, 0.15) is 10.4 Å². The maximum Gasteiger partial charge on any atom is 0.293 e. The van der Waals surface area contributed by atoms with E-state index in [4.69, 9.17) is 0 Å². The van der Waals surface area contributed by atoms with Crippen LogP contribution in [0.25, 0.3) is 0 Å².